The van der Waals surface area contributed by atoms with E-state index in [1.165, 1.54) is 0 Å². The first-order valence-corrected chi connectivity index (χ1v) is 10.2. The lowest BCUT2D eigenvalue weighted by molar-refractivity contribution is 0.0912. The summed E-state index contributed by atoms with van der Waals surface area (Å²) in [5.74, 6) is 0.246. The number of aliphatic hydroxyl groups is 1. The Morgan fingerprint density at radius 3 is 2.48 bits per heavy atom. The summed E-state index contributed by atoms with van der Waals surface area (Å²) in [5, 5.41) is 16.5. The highest BCUT2D eigenvalue weighted by Gasteiger charge is 2.22. The van der Waals surface area contributed by atoms with Crippen LogP contribution in [0.2, 0.25) is 5.02 Å². The molecule has 1 amide bonds. The summed E-state index contributed by atoms with van der Waals surface area (Å²) < 4.78 is 5.59. The van der Waals surface area contributed by atoms with Crippen LogP contribution in [0, 0.1) is 0 Å². The quantitative estimate of drug-likeness (QED) is 0.548. The van der Waals surface area contributed by atoms with Crippen molar-refractivity contribution in [3.63, 3.8) is 0 Å². The summed E-state index contributed by atoms with van der Waals surface area (Å²) in [7, 11) is 0. The molecule has 29 heavy (non-hydrogen) atoms. The van der Waals surface area contributed by atoms with E-state index in [1.807, 2.05) is 58.0 Å². The first-order valence-electron chi connectivity index (χ1n) is 9.86. The molecule has 158 valence electrons. The molecule has 0 bridgehead atoms. The third-order valence-electron chi connectivity index (χ3n) is 4.33. The average Bonchev–Trinajstić information content (AvgIpc) is 2.65. The summed E-state index contributed by atoms with van der Waals surface area (Å²) >= 11 is 6.28. The van der Waals surface area contributed by atoms with Gasteiger partial charge in [0.1, 0.15) is 18.5 Å². The number of hydrogen-bond acceptors (Lipinski definition) is 4. The lowest BCUT2D eigenvalue weighted by atomic mass is 9.94. The molecular formula is C23H31ClN2O3. The molecule has 5 nitrogen and oxygen atoms in total. The number of carbonyl (C=O) groups is 1. The number of halogens is 1. The lowest BCUT2D eigenvalue weighted by Gasteiger charge is -2.26. The first kappa shape index (κ1) is 23.2. The predicted octanol–water partition coefficient (Wildman–Crippen LogP) is 3.83. The van der Waals surface area contributed by atoms with Crippen LogP contribution in [-0.4, -0.2) is 41.9 Å². The van der Waals surface area contributed by atoms with Gasteiger partial charge < -0.3 is 20.5 Å². The normalized spacial score (nSPS) is 12.7. The van der Waals surface area contributed by atoms with Gasteiger partial charge in [-0.15, -0.1) is 0 Å². The van der Waals surface area contributed by atoms with Gasteiger partial charge in [-0.2, -0.15) is 0 Å². The Balaban J connectivity index is 1.93. The van der Waals surface area contributed by atoms with Crippen molar-refractivity contribution in [1.82, 2.24) is 10.6 Å². The molecule has 0 spiro atoms. The van der Waals surface area contributed by atoms with E-state index in [9.17, 15) is 9.90 Å². The van der Waals surface area contributed by atoms with Crippen molar-refractivity contribution in [2.75, 3.05) is 13.2 Å². The van der Waals surface area contributed by atoms with Gasteiger partial charge in [0.2, 0.25) is 0 Å². The molecule has 0 aliphatic heterocycles. The standard InChI is InChI=1S/C23H31ClN2O3/c1-16(2)25-14-19(27)15-29-21-11-10-18(12-20(21)24)22(28)26-23(3,4)13-17-8-6-5-7-9-17/h5-12,16,19,25,27H,13-15H2,1-4H3,(H,26,28). The summed E-state index contributed by atoms with van der Waals surface area (Å²) in [6, 6.07) is 15.2. The Bertz CT molecular complexity index is 794. The van der Waals surface area contributed by atoms with Crippen LogP contribution in [0.25, 0.3) is 0 Å². The van der Waals surface area contributed by atoms with E-state index in [-0.39, 0.29) is 18.6 Å². The smallest absolute Gasteiger partial charge is 0.251 e. The molecule has 0 aromatic heterocycles. The molecule has 0 saturated carbocycles. The van der Waals surface area contributed by atoms with Crippen molar-refractivity contribution in [3.8, 4) is 5.75 Å². The van der Waals surface area contributed by atoms with Gasteiger partial charge in [0.05, 0.1) is 5.02 Å². The third-order valence-corrected chi connectivity index (χ3v) is 4.62. The molecule has 6 heteroatoms. The molecule has 3 N–H and O–H groups in total. The summed E-state index contributed by atoms with van der Waals surface area (Å²) in [6.45, 7) is 8.55. The van der Waals surface area contributed by atoms with Crippen molar-refractivity contribution < 1.29 is 14.6 Å². The maximum atomic E-state index is 12.7. The van der Waals surface area contributed by atoms with Crippen LogP contribution in [0.4, 0.5) is 0 Å². The fourth-order valence-electron chi connectivity index (χ4n) is 2.91. The van der Waals surface area contributed by atoms with Crippen LogP contribution in [0.15, 0.2) is 48.5 Å². The monoisotopic (exact) mass is 418 g/mol. The van der Waals surface area contributed by atoms with Gasteiger partial charge in [-0.3, -0.25) is 4.79 Å². The maximum absolute atomic E-state index is 12.7. The number of amides is 1. The summed E-state index contributed by atoms with van der Waals surface area (Å²) in [4.78, 5) is 12.7. The van der Waals surface area contributed by atoms with Crippen molar-refractivity contribution in [2.24, 2.45) is 0 Å². The number of rotatable bonds is 10. The molecule has 0 heterocycles. The second kappa shape index (κ2) is 10.6. The second-order valence-electron chi connectivity index (χ2n) is 8.17. The van der Waals surface area contributed by atoms with Gasteiger partial charge in [0, 0.05) is 23.7 Å². The highest BCUT2D eigenvalue weighted by molar-refractivity contribution is 6.32. The fraction of sp³-hybridized carbons (Fsp3) is 0.435. The number of nitrogens with one attached hydrogen (secondary N) is 2. The van der Waals surface area contributed by atoms with Crippen LogP contribution in [0.5, 0.6) is 5.75 Å². The summed E-state index contributed by atoms with van der Waals surface area (Å²) in [6.07, 6.45) is 0.0757. The van der Waals surface area contributed by atoms with Crippen molar-refractivity contribution in [3.05, 3.63) is 64.7 Å². The van der Waals surface area contributed by atoms with E-state index >= 15 is 0 Å². The lowest BCUT2D eigenvalue weighted by Crippen LogP contribution is -2.45. The molecule has 0 aliphatic carbocycles. The Labute approximate surface area is 178 Å². The van der Waals surface area contributed by atoms with E-state index < -0.39 is 11.6 Å². The molecule has 0 radical (unpaired) electrons. The topological polar surface area (TPSA) is 70.6 Å². The molecule has 1 atom stereocenters. The Kier molecular flexibility index (Phi) is 8.50. The van der Waals surface area contributed by atoms with E-state index in [4.69, 9.17) is 16.3 Å². The zero-order valence-electron chi connectivity index (χ0n) is 17.5. The zero-order valence-corrected chi connectivity index (χ0v) is 18.3. The van der Waals surface area contributed by atoms with Gasteiger partial charge in [-0.25, -0.2) is 0 Å². The molecule has 0 aliphatic rings. The van der Waals surface area contributed by atoms with Crippen LogP contribution < -0.4 is 15.4 Å². The van der Waals surface area contributed by atoms with Crippen molar-refractivity contribution >= 4 is 17.5 Å². The van der Waals surface area contributed by atoms with Gasteiger partial charge in [-0.1, -0.05) is 55.8 Å². The molecule has 1 unspecified atom stereocenters. The van der Waals surface area contributed by atoms with Crippen molar-refractivity contribution in [1.29, 1.82) is 0 Å². The average molecular weight is 419 g/mol. The Hall–Kier alpha value is -2.08. The fourth-order valence-corrected chi connectivity index (χ4v) is 3.14. The van der Waals surface area contributed by atoms with Crippen LogP contribution >= 0.6 is 11.6 Å². The molecule has 2 aromatic carbocycles. The minimum absolute atomic E-state index is 0.120. The van der Waals surface area contributed by atoms with Gasteiger partial charge in [-0.05, 0) is 44.0 Å². The number of benzene rings is 2. The number of ether oxygens (including phenoxy) is 1. The first-order chi connectivity index (χ1) is 13.7. The van der Waals surface area contributed by atoms with E-state index in [0.29, 0.717) is 22.9 Å². The molecule has 2 rings (SSSR count). The van der Waals surface area contributed by atoms with Gasteiger partial charge >= 0.3 is 0 Å². The molecular weight excluding hydrogens is 388 g/mol. The zero-order chi connectivity index (χ0) is 21.4. The minimum Gasteiger partial charge on any atom is -0.489 e. The number of hydrogen-bond donors (Lipinski definition) is 3. The highest BCUT2D eigenvalue weighted by Crippen LogP contribution is 2.26. The summed E-state index contributed by atoms with van der Waals surface area (Å²) in [5.41, 5.74) is 1.21. The number of aliphatic hydroxyl groups excluding tert-OH is 1. The van der Waals surface area contributed by atoms with E-state index in [2.05, 4.69) is 10.6 Å². The SMILES string of the molecule is CC(C)NCC(O)COc1ccc(C(=O)NC(C)(C)Cc2ccccc2)cc1Cl. The van der Waals surface area contributed by atoms with Crippen LogP contribution in [-0.2, 0) is 6.42 Å². The molecule has 2 aromatic rings. The minimum atomic E-state index is -0.643. The molecule has 0 fully saturated rings. The van der Waals surface area contributed by atoms with Gasteiger partial charge in [0.25, 0.3) is 5.91 Å². The maximum Gasteiger partial charge on any atom is 0.251 e. The van der Waals surface area contributed by atoms with Crippen molar-refractivity contribution in [2.45, 2.75) is 51.8 Å². The number of carbonyl (C=O) groups excluding carboxylic acids is 1. The molecule has 0 saturated heterocycles. The van der Waals surface area contributed by atoms with Crippen LogP contribution in [0.1, 0.15) is 43.6 Å². The second-order valence-corrected chi connectivity index (χ2v) is 8.58. The largest absolute Gasteiger partial charge is 0.489 e. The van der Waals surface area contributed by atoms with E-state index in [1.54, 1.807) is 18.2 Å². The predicted molar refractivity (Wildman–Crippen MR) is 118 cm³/mol. The van der Waals surface area contributed by atoms with E-state index in [0.717, 1.165) is 12.0 Å². The Morgan fingerprint density at radius 1 is 1.17 bits per heavy atom. The third kappa shape index (κ3) is 8.05. The Morgan fingerprint density at radius 2 is 1.86 bits per heavy atom. The highest BCUT2D eigenvalue weighted by atomic mass is 35.5. The van der Waals surface area contributed by atoms with Gasteiger partial charge in [0.15, 0.2) is 0 Å². The van der Waals surface area contributed by atoms with Crippen LogP contribution in [0.3, 0.4) is 0 Å².